The van der Waals surface area contributed by atoms with Crippen molar-refractivity contribution < 1.29 is 15.0 Å². The van der Waals surface area contributed by atoms with Crippen LogP contribution in [0.3, 0.4) is 0 Å². The number of aliphatic hydroxyl groups is 1. The minimum atomic E-state index is -1.09. The Labute approximate surface area is 67.4 Å². The van der Waals surface area contributed by atoms with Crippen LogP contribution >= 0.6 is 11.6 Å². The van der Waals surface area contributed by atoms with E-state index < -0.39 is 5.97 Å². The van der Waals surface area contributed by atoms with Crippen LogP contribution in [0.5, 0.6) is 0 Å². The second-order valence-electron chi connectivity index (χ2n) is 1.99. The van der Waals surface area contributed by atoms with E-state index in [0.717, 1.165) is 0 Å². The summed E-state index contributed by atoms with van der Waals surface area (Å²) < 4.78 is 0. The summed E-state index contributed by atoms with van der Waals surface area (Å²) in [5.41, 5.74) is 0.378. The Morgan fingerprint density at radius 2 is 2.36 bits per heavy atom. The van der Waals surface area contributed by atoms with Crippen molar-refractivity contribution in [2.45, 2.75) is 6.61 Å². The lowest BCUT2D eigenvalue weighted by atomic mass is 10.3. The number of hydrogen-bond donors (Lipinski definition) is 3. The Morgan fingerprint density at radius 1 is 1.73 bits per heavy atom. The summed E-state index contributed by atoms with van der Waals surface area (Å²) >= 11 is 5.51. The average Bonchev–Trinajstić information content (AvgIpc) is 2.31. The third-order valence-corrected chi connectivity index (χ3v) is 1.58. The number of hydrogen-bond acceptors (Lipinski definition) is 2. The number of carbonyl (C=O) groups is 1. The Bertz CT molecular complexity index is 281. The molecule has 4 nitrogen and oxygen atoms in total. The second-order valence-corrected chi connectivity index (χ2v) is 2.36. The maximum Gasteiger partial charge on any atom is 0.352 e. The van der Waals surface area contributed by atoms with E-state index in [1.54, 1.807) is 0 Å². The van der Waals surface area contributed by atoms with E-state index in [1.807, 2.05) is 0 Å². The van der Waals surface area contributed by atoms with Gasteiger partial charge in [-0.1, -0.05) is 11.6 Å². The highest BCUT2D eigenvalue weighted by Gasteiger charge is 2.09. The van der Waals surface area contributed by atoms with E-state index in [1.165, 1.54) is 6.07 Å². The summed E-state index contributed by atoms with van der Waals surface area (Å²) in [6.07, 6.45) is 0. The highest BCUT2D eigenvalue weighted by molar-refractivity contribution is 6.30. The van der Waals surface area contributed by atoms with Crippen molar-refractivity contribution in [2.75, 3.05) is 0 Å². The predicted molar refractivity (Wildman–Crippen MR) is 38.7 cm³/mol. The van der Waals surface area contributed by atoms with Gasteiger partial charge in [0.15, 0.2) is 0 Å². The first-order valence-electron chi connectivity index (χ1n) is 2.86. The third-order valence-electron chi connectivity index (χ3n) is 1.25. The molecule has 11 heavy (non-hydrogen) atoms. The molecule has 0 spiro atoms. The van der Waals surface area contributed by atoms with Gasteiger partial charge in [-0.15, -0.1) is 0 Å². The van der Waals surface area contributed by atoms with E-state index in [0.29, 0.717) is 5.56 Å². The normalized spacial score (nSPS) is 10.0. The molecule has 0 saturated carbocycles. The van der Waals surface area contributed by atoms with Gasteiger partial charge in [-0.3, -0.25) is 0 Å². The summed E-state index contributed by atoms with van der Waals surface area (Å²) in [6, 6.07) is 1.30. The monoisotopic (exact) mass is 175 g/mol. The second kappa shape index (κ2) is 2.94. The topological polar surface area (TPSA) is 73.3 Å². The van der Waals surface area contributed by atoms with Crippen LogP contribution in [0, 0.1) is 0 Å². The molecule has 1 aromatic rings. The van der Waals surface area contributed by atoms with Gasteiger partial charge >= 0.3 is 5.97 Å². The lowest BCUT2D eigenvalue weighted by Gasteiger charge is -1.85. The SMILES string of the molecule is O=C(O)c1cc(CO)c(Cl)[nH]1. The molecule has 0 amide bonds. The zero-order chi connectivity index (χ0) is 8.43. The minimum absolute atomic E-state index is 0.0148. The van der Waals surface area contributed by atoms with Crippen molar-refractivity contribution in [3.05, 3.63) is 22.5 Å². The number of aromatic amines is 1. The van der Waals surface area contributed by atoms with Gasteiger partial charge in [-0.25, -0.2) is 4.79 Å². The van der Waals surface area contributed by atoms with Gasteiger partial charge in [-0.05, 0) is 6.07 Å². The molecular formula is C6H6ClNO3. The number of carboxylic acids is 1. The number of halogens is 1. The molecule has 1 rings (SSSR count). The fourth-order valence-electron chi connectivity index (χ4n) is 0.702. The molecule has 1 aromatic heterocycles. The lowest BCUT2D eigenvalue weighted by molar-refractivity contribution is 0.0691. The molecular weight excluding hydrogens is 170 g/mol. The van der Waals surface area contributed by atoms with Crippen LogP contribution in [0.2, 0.25) is 5.15 Å². The summed E-state index contributed by atoms with van der Waals surface area (Å²) in [6.45, 7) is -0.261. The predicted octanol–water partition coefficient (Wildman–Crippen LogP) is 0.859. The van der Waals surface area contributed by atoms with E-state index >= 15 is 0 Å². The molecule has 0 aromatic carbocycles. The van der Waals surface area contributed by atoms with Crippen molar-refractivity contribution in [1.82, 2.24) is 4.98 Å². The van der Waals surface area contributed by atoms with Gasteiger partial charge in [0, 0.05) is 5.56 Å². The van der Waals surface area contributed by atoms with E-state index in [2.05, 4.69) is 4.98 Å². The summed E-state index contributed by atoms with van der Waals surface area (Å²) in [4.78, 5) is 12.7. The number of aromatic nitrogens is 1. The average molecular weight is 176 g/mol. The Kier molecular flexibility index (Phi) is 2.16. The van der Waals surface area contributed by atoms with Crippen LogP contribution in [0.1, 0.15) is 16.1 Å². The first-order chi connectivity index (χ1) is 5.15. The molecule has 0 aliphatic rings. The van der Waals surface area contributed by atoms with Crippen LogP contribution in [-0.4, -0.2) is 21.2 Å². The fourth-order valence-corrected chi connectivity index (χ4v) is 0.919. The van der Waals surface area contributed by atoms with Gasteiger partial charge in [0.2, 0.25) is 0 Å². The highest BCUT2D eigenvalue weighted by Crippen LogP contribution is 2.15. The van der Waals surface area contributed by atoms with Gasteiger partial charge in [0.1, 0.15) is 10.8 Å². The van der Waals surface area contributed by atoms with Gasteiger partial charge in [0.25, 0.3) is 0 Å². The zero-order valence-electron chi connectivity index (χ0n) is 5.47. The Balaban J connectivity index is 3.05. The molecule has 1 heterocycles. The summed E-state index contributed by atoms with van der Waals surface area (Å²) in [7, 11) is 0. The first-order valence-corrected chi connectivity index (χ1v) is 3.24. The number of rotatable bonds is 2. The zero-order valence-corrected chi connectivity index (χ0v) is 6.22. The van der Waals surface area contributed by atoms with Gasteiger partial charge in [-0.2, -0.15) is 0 Å². The molecule has 0 saturated heterocycles. The summed E-state index contributed by atoms with van der Waals surface area (Å²) in [5.74, 6) is -1.09. The molecule has 5 heteroatoms. The Morgan fingerprint density at radius 3 is 2.64 bits per heavy atom. The molecule has 0 radical (unpaired) electrons. The third kappa shape index (κ3) is 1.53. The number of H-pyrrole nitrogens is 1. The number of aromatic carboxylic acids is 1. The van der Waals surface area contributed by atoms with Crippen LogP contribution < -0.4 is 0 Å². The van der Waals surface area contributed by atoms with Crippen LogP contribution in [0.25, 0.3) is 0 Å². The maximum atomic E-state index is 10.3. The molecule has 0 aliphatic heterocycles. The van der Waals surface area contributed by atoms with Crippen molar-refractivity contribution in [3.63, 3.8) is 0 Å². The van der Waals surface area contributed by atoms with Crippen LogP contribution in [-0.2, 0) is 6.61 Å². The molecule has 0 unspecified atom stereocenters. The van der Waals surface area contributed by atoms with Crippen LogP contribution in [0.4, 0.5) is 0 Å². The number of carboxylic acid groups (broad SMARTS) is 1. The first kappa shape index (κ1) is 8.10. The smallest absolute Gasteiger partial charge is 0.352 e. The van der Waals surface area contributed by atoms with E-state index in [-0.39, 0.29) is 17.5 Å². The van der Waals surface area contributed by atoms with Crippen molar-refractivity contribution in [2.24, 2.45) is 0 Å². The Hall–Kier alpha value is -1.00. The van der Waals surface area contributed by atoms with Crippen molar-refractivity contribution in [1.29, 1.82) is 0 Å². The fraction of sp³-hybridized carbons (Fsp3) is 0.167. The minimum Gasteiger partial charge on any atom is -0.477 e. The van der Waals surface area contributed by atoms with Crippen LogP contribution in [0.15, 0.2) is 6.07 Å². The molecule has 0 atom stereocenters. The molecule has 3 N–H and O–H groups in total. The van der Waals surface area contributed by atoms with Gasteiger partial charge < -0.3 is 15.2 Å². The summed E-state index contributed by atoms with van der Waals surface area (Å²) in [5, 5.41) is 17.2. The van der Waals surface area contributed by atoms with Gasteiger partial charge in [0.05, 0.1) is 6.61 Å². The number of aliphatic hydroxyl groups excluding tert-OH is 1. The quantitative estimate of drug-likeness (QED) is 0.624. The maximum absolute atomic E-state index is 10.3. The standard InChI is InChI=1S/C6H6ClNO3/c7-5-3(2-9)1-4(8-5)6(10)11/h1,8-9H,2H2,(H,10,11). The highest BCUT2D eigenvalue weighted by atomic mass is 35.5. The number of nitrogens with one attached hydrogen (secondary N) is 1. The molecule has 0 fully saturated rings. The van der Waals surface area contributed by atoms with Crippen molar-refractivity contribution >= 4 is 17.6 Å². The van der Waals surface area contributed by atoms with Crippen molar-refractivity contribution in [3.8, 4) is 0 Å². The largest absolute Gasteiger partial charge is 0.477 e. The van der Waals surface area contributed by atoms with E-state index in [4.69, 9.17) is 21.8 Å². The molecule has 0 bridgehead atoms. The lowest BCUT2D eigenvalue weighted by Crippen LogP contribution is -1.94. The molecule has 60 valence electrons. The molecule has 0 aliphatic carbocycles. The van der Waals surface area contributed by atoms with E-state index in [9.17, 15) is 4.79 Å².